The van der Waals surface area contributed by atoms with Gasteiger partial charge in [-0.3, -0.25) is 9.89 Å². The maximum atomic E-state index is 12.0. The molecule has 0 radical (unpaired) electrons. The van der Waals surface area contributed by atoms with Crippen molar-refractivity contribution >= 4 is 39.7 Å². The topological polar surface area (TPSA) is 110 Å². The minimum Gasteiger partial charge on any atom is -0.492 e. The number of ether oxygens (including phenoxy) is 1. The number of benzene rings is 1. The zero-order chi connectivity index (χ0) is 18.6. The second-order valence-electron chi connectivity index (χ2n) is 5.32. The first-order valence-corrected chi connectivity index (χ1v) is 9.90. The molecule has 1 aromatic carbocycles. The van der Waals surface area contributed by atoms with Crippen LogP contribution in [0, 0.1) is 0 Å². The molecule has 4 rings (SSSR count). The van der Waals surface area contributed by atoms with Gasteiger partial charge in [0.2, 0.25) is 5.13 Å². The number of hydrogen-bond donors (Lipinski definition) is 2. The van der Waals surface area contributed by atoms with Gasteiger partial charge in [-0.05, 0) is 19.1 Å². The molecule has 0 bridgehead atoms. The molecule has 3 aromatic heterocycles. The number of rotatable bonds is 7. The lowest BCUT2D eigenvalue weighted by molar-refractivity contribution is 0.342. The molecule has 138 valence electrons. The van der Waals surface area contributed by atoms with Gasteiger partial charge in [0.15, 0.2) is 4.34 Å². The fourth-order valence-corrected chi connectivity index (χ4v) is 4.02. The Bertz CT molecular complexity index is 1120. The normalized spacial score (nSPS) is 11.0. The smallest absolute Gasteiger partial charge is 0.274 e. The van der Waals surface area contributed by atoms with Crippen LogP contribution in [0.3, 0.4) is 0 Å². The lowest BCUT2D eigenvalue weighted by atomic mass is 10.3. The number of H-pyrrole nitrogens is 1. The molecule has 0 saturated heterocycles. The van der Waals surface area contributed by atoms with Gasteiger partial charge in [0, 0.05) is 11.8 Å². The molecular formula is C16H15N7O2S2. The molecule has 0 unspecified atom stereocenters. The Morgan fingerprint density at radius 2 is 2.22 bits per heavy atom. The van der Waals surface area contributed by atoms with Gasteiger partial charge >= 0.3 is 0 Å². The minimum absolute atomic E-state index is 0.194. The number of aromatic nitrogens is 6. The van der Waals surface area contributed by atoms with E-state index in [9.17, 15) is 4.79 Å². The zero-order valence-electron chi connectivity index (χ0n) is 14.2. The fraction of sp³-hybridized carbons (Fsp3) is 0.188. The van der Waals surface area contributed by atoms with Crippen LogP contribution in [0.2, 0.25) is 0 Å². The van der Waals surface area contributed by atoms with Crippen molar-refractivity contribution in [1.82, 2.24) is 29.8 Å². The third kappa shape index (κ3) is 3.93. The summed E-state index contributed by atoms with van der Waals surface area (Å²) in [6.07, 6.45) is 1.43. The van der Waals surface area contributed by atoms with Crippen LogP contribution in [-0.2, 0) is 5.75 Å². The molecule has 4 aromatic rings. The van der Waals surface area contributed by atoms with Crippen LogP contribution in [0.15, 0.2) is 45.8 Å². The lowest BCUT2D eigenvalue weighted by Crippen LogP contribution is -2.15. The molecule has 3 heterocycles. The van der Waals surface area contributed by atoms with E-state index in [1.807, 2.05) is 31.2 Å². The average Bonchev–Trinajstić information content (AvgIpc) is 3.31. The maximum Gasteiger partial charge on any atom is 0.274 e. The number of para-hydroxylation sites is 2. The summed E-state index contributed by atoms with van der Waals surface area (Å²) >= 11 is 2.89. The van der Waals surface area contributed by atoms with Crippen molar-refractivity contribution in [2.24, 2.45) is 0 Å². The molecule has 2 N–H and O–H groups in total. The molecule has 27 heavy (non-hydrogen) atoms. The monoisotopic (exact) mass is 401 g/mol. The van der Waals surface area contributed by atoms with Crippen LogP contribution in [-0.4, -0.2) is 36.4 Å². The summed E-state index contributed by atoms with van der Waals surface area (Å²) < 4.78 is 7.66. The summed E-state index contributed by atoms with van der Waals surface area (Å²) in [6, 6.07) is 9.16. The first-order valence-electron chi connectivity index (χ1n) is 8.10. The molecular weight excluding hydrogens is 386 g/mol. The van der Waals surface area contributed by atoms with E-state index in [0.717, 1.165) is 15.8 Å². The molecule has 0 aliphatic carbocycles. The number of hydrogen-bond acceptors (Lipinski definition) is 9. The van der Waals surface area contributed by atoms with Crippen LogP contribution in [0.1, 0.15) is 12.6 Å². The number of thioether (sulfide) groups is 1. The molecule has 0 atom stereocenters. The van der Waals surface area contributed by atoms with Crippen molar-refractivity contribution < 1.29 is 4.74 Å². The van der Waals surface area contributed by atoms with Gasteiger partial charge in [-0.15, -0.1) is 10.2 Å². The third-order valence-corrected chi connectivity index (χ3v) is 5.51. The first-order chi connectivity index (χ1) is 13.2. The largest absolute Gasteiger partial charge is 0.492 e. The number of nitrogens with zero attached hydrogens (tertiary/aromatic N) is 5. The number of anilines is 2. The van der Waals surface area contributed by atoms with E-state index < -0.39 is 0 Å². The Kier molecular flexibility index (Phi) is 5.03. The quantitative estimate of drug-likeness (QED) is 0.455. The Balaban J connectivity index is 1.44. The molecule has 0 aliphatic rings. The molecule has 0 fully saturated rings. The van der Waals surface area contributed by atoms with E-state index in [4.69, 9.17) is 4.74 Å². The highest BCUT2D eigenvalue weighted by molar-refractivity contribution is 8.00. The summed E-state index contributed by atoms with van der Waals surface area (Å²) in [5.41, 5.74) is 1.29. The van der Waals surface area contributed by atoms with Crippen molar-refractivity contribution in [1.29, 1.82) is 0 Å². The lowest BCUT2D eigenvalue weighted by Gasteiger charge is -2.09. The van der Waals surface area contributed by atoms with Gasteiger partial charge in [0.05, 0.1) is 18.0 Å². The van der Waals surface area contributed by atoms with Crippen molar-refractivity contribution in [3.8, 4) is 5.75 Å². The van der Waals surface area contributed by atoms with Crippen molar-refractivity contribution in [3.63, 3.8) is 0 Å². The summed E-state index contributed by atoms with van der Waals surface area (Å²) in [6.45, 7) is 2.53. The molecule has 11 heteroatoms. The predicted octanol–water partition coefficient (Wildman–Crippen LogP) is 2.70. The predicted molar refractivity (Wildman–Crippen MR) is 104 cm³/mol. The van der Waals surface area contributed by atoms with Gasteiger partial charge in [-0.25, -0.2) is 9.97 Å². The average molecular weight is 401 g/mol. The van der Waals surface area contributed by atoms with E-state index in [0.29, 0.717) is 29.0 Å². The fourth-order valence-electron chi connectivity index (χ4n) is 2.36. The SMILES string of the molecule is CCOc1ccccc1Nc1nnc(SCc2cc(=O)n3[nH]cnc3n2)s1. The highest BCUT2D eigenvalue weighted by atomic mass is 32.2. The van der Waals surface area contributed by atoms with Crippen LogP contribution in [0.4, 0.5) is 10.8 Å². The second kappa shape index (κ2) is 7.76. The van der Waals surface area contributed by atoms with E-state index in [1.54, 1.807) is 0 Å². The van der Waals surface area contributed by atoms with Crippen LogP contribution in [0.5, 0.6) is 5.75 Å². The Morgan fingerprint density at radius 3 is 3.11 bits per heavy atom. The summed E-state index contributed by atoms with van der Waals surface area (Å²) in [5, 5.41) is 14.9. The highest BCUT2D eigenvalue weighted by Gasteiger charge is 2.10. The molecule has 0 amide bonds. The van der Waals surface area contributed by atoms with Gasteiger partial charge in [-0.2, -0.15) is 4.52 Å². The second-order valence-corrected chi connectivity index (χ2v) is 7.52. The molecule has 0 spiro atoms. The van der Waals surface area contributed by atoms with Crippen LogP contribution >= 0.6 is 23.1 Å². The van der Waals surface area contributed by atoms with Crippen molar-refractivity contribution in [3.05, 3.63) is 52.7 Å². The maximum absolute atomic E-state index is 12.0. The van der Waals surface area contributed by atoms with Crippen LogP contribution < -0.4 is 15.6 Å². The molecule has 0 saturated carbocycles. The highest BCUT2D eigenvalue weighted by Crippen LogP contribution is 2.32. The summed E-state index contributed by atoms with van der Waals surface area (Å²) in [7, 11) is 0. The van der Waals surface area contributed by atoms with Crippen molar-refractivity contribution in [2.45, 2.75) is 17.0 Å². The first kappa shape index (κ1) is 17.5. The molecule has 9 nitrogen and oxygen atoms in total. The van der Waals surface area contributed by atoms with E-state index in [2.05, 4.69) is 30.6 Å². The van der Waals surface area contributed by atoms with Gasteiger partial charge in [0.25, 0.3) is 11.3 Å². The standard InChI is InChI=1S/C16H15N7O2S2/c1-2-25-12-6-4-3-5-11(12)20-15-21-22-16(27-15)26-8-10-7-13(24)23-14(19-10)17-9-18-23/h3-7,9H,2,8H2,1H3,(H,20,21)(H,17,18,19). The number of nitrogens with one attached hydrogen (secondary N) is 2. The van der Waals surface area contributed by atoms with Crippen molar-refractivity contribution in [2.75, 3.05) is 11.9 Å². The van der Waals surface area contributed by atoms with E-state index in [1.165, 1.54) is 40.0 Å². The number of aromatic amines is 1. The Hall–Kier alpha value is -2.92. The minimum atomic E-state index is -0.194. The van der Waals surface area contributed by atoms with E-state index in [-0.39, 0.29) is 5.56 Å². The van der Waals surface area contributed by atoms with Gasteiger partial charge < -0.3 is 10.1 Å². The third-order valence-electron chi connectivity index (χ3n) is 3.50. The van der Waals surface area contributed by atoms with Gasteiger partial charge in [-0.1, -0.05) is 35.2 Å². The number of fused-ring (bicyclic) bond motifs is 1. The zero-order valence-corrected chi connectivity index (χ0v) is 15.9. The van der Waals surface area contributed by atoms with Crippen LogP contribution in [0.25, 0.3) is 5.78 Å². The van der Waals surface area contributed by atoms with E-state index >= 15 is 0 Å². The Morgan fingerprint density at radius 1 is 1.33 bits per heavy atom. The summed E-state index contributed by atoms with van der Waals surface area (Å²) in [5.74, 6) is 1.62. The summed E-state index contributed by atoms with van der Waals surface area (Å²) in [4.78, 5) is 20.3. The molecule has 0 aliphatic heterocycles. The Labute approximate surface area is 161 Å². The van der Waals surface area contributed by atoms with Gasteiger partial charge in [0.1, 0.15) is 12.1 Å².